The molecule has 1 saturated carbocycles. The Bertz CT molecular complexity index is 500. The Labute approximate surface area is 134 Å². The maximum Gasteiger partial charge on any atom is 0.138 e. The molecule has 3 heteroatoms. The van der Waals surface area contributed by atoms with E-state index in [-0.39, 0.29) is 0 Å². The molecule has 2 aliphatic rings. The highest BCUT2D eigenvalue weighted by atomic mass is 16.3. The largest absolute Gasteiger partial charge is 0.506 e. The van der Waals surface area contributed by atoms with Crippen LogP contribution in [0.4, 0.5) is 5.69 Å². The number of piperidine rings is 1. The molecular formula is C19H30N2O. The fourth-order valence-corrected chi connectivity index (χ4v) is 4.18. The van der Waals surface area contributed by atoms with Gasteiger partial charge >= 0.3 is 0 Å². The van der Waals surface area contributed by atoms with Crippen molar-refractivity contribution >= 4 is 5.69 Å². The van der Waals surface area contributed by atoms with Crippen LogP contribution in [0.1, 0.15) is 57.4 Å². The van der Waals surface area contributed by atoms with E-state index >= 15 is 0 Å². The summed E-state index contributed by atoms with van der Waals surface area (Å²) < 4.78 is 0. The monoisotopic (exact) mass is 302 g/mol. The zero-order valence-electron chi connectivity index (χ0n) is 14.1. The molecule has 1 heterocycles. The van der Waals surface area contributed by atoms with Crippen LogP contribution in [0.15, 0.2) is 18.2 Å². The molecule has 1 aromatic carbocycles. The molecule has 1 aliphatic carbocycles. The zero-order valence-corrected chi connectivity index (χ0v) is 14.1. The summed E-state index contributed by atoms with van der Waals surface area (Å²) in [7, 11) is 0. The summed E-state index contributed by atoms with van der Waals surface area (Å²) in [6.07, 6.45) is 9.28. The van der Waals surface area contributed by atoms with E-state index in [1.807, 2.05) is 12.1 Å². The van der Waals surface area contributed by atoms with Gasteiger partial charge in [0.05, 0.1) is 5.69 Å². The number of hydrogen-bond donors (Lipinski definition) is 2. The number of hydrogen-bond acceptors (Lipinski definition) is 3. The van der Waals surface area contributed by atoms with Crippen LogP contribution in [0.3, 0.4) is 0 Å². The first kappa shape index (κ1) is 15.7. The molecule has 2 N–H and O–H groups in total. The molecule has 0 spiro atoms. The first-order valence-corrected chi connectivity index (χ1v) is 8.88. The van der Waals surface area contributed by atoms with Gasteiger partial charge < -0.3 is 10.4 Å². The average Bonchev–Trinajstić information content (AvgIpc) is 2.52. The number of aromatic hydroxyl groups is 1. The van der Waals surface area contributed by atoms with Crippen molar-refractivity contribution in [3.63, 3.8) is 0 Å². The van der Waals surface area contributed by atoms with Crippen molar-refractivity contribution in [3.8, 4) is 5.75 Å². The third-order valence-electron chi connectivity index (χ3n) is 5.70. The molecular weight excluding hydrogens is 272 g/mol. The van der Waals surface area contributed by atoms with Gasteiger partial charge in [0.1, 0.15) is 5.75 Å². The first-order valence-electron chi connectivity index (χ1n) is 8.88. The van der Waals surface area contributed by atoms with Crippen LogP contribution in [0, 0.1) is 6.92 Å². The molecule has 3 rings (SSSR count). The summed E-state index contributed by atoms with van der Waals surface area (Å²) in [4.78, 5) is 2.72. The highest BCUT2D eigenvalue weighted by molar-refractivity contribution is 5.57. The number of benzene rings is 1. The minimum atomic E-state index is 0.368. The standard InChI is InChI=1S/C19H30N2O/c1-15-6-7-18(22)17(14-15)20-16-8-12-21(13-9-16)19(2)10-4-3-5-11-19/h6-7,14,16,20,22H,3-5,8-13H2,1-2H3. The smallest absolute Gasteiger partial charge is 0.138 e. The fraction of sp³-hybridized carbons (Fsp3) is 0.684. The highest BCUT2D eigenvalue weighted by Gasteiger charge is 2.35. The number of phenolic OH excluding ortho intramolecular Hbond substituents is 1. The first-order chi connectivity index (χ1) is 10.6. The van der Waals surface area contributed by atoms with Crippen molar-refractivity contribution in [3.05, 3.63) is 23.8 Å². The number of nitrogens with one attached hydrogen (secondary N) is 1. The van der Waals surface area contributed by atoms with Crippen LogP contribution < -0.4 is 5.32 Å². The summed E-state index contributed by atoms with van der Waals surface area (Å²) in [5, 5.41) is 13.5. The Morgan fingerprint density at radius 1 is 1.14 bits per heavy atom. The van der Waals surface area contributed by atoms with Gasteiger partial charge in [-0.25, -0.2) is 0 Å². The molecule has 0 amide bonds. The Kier molecular flexibility index (Phi) is 4.62. The fourth-order valence-electron chi connectivity index (χ4n) is 4.18. The number of rotatable bonds is 3. The Hall–Kier alpha value is -1.22. The van der Waals surface area contributed by atoms with E-state index in [0.29, 0.717) is 17.3 Å². The Morgan fingerprint density at radius 2 is 1.82 bits per heavy atom. The Balaban J connectivity index is 1.56. The molecule has 0 aromatic heterocycles. The van der Waals surface area contributed by atoms with Crippen molar-refractivity contribution < 1.29 is 5.11 Å². The summed E-state index contributed by atoms with van der Waals surface area (Å²) in [6, 6.07) is 6.27. The molecule has 0 atom stereocenters. The number of phenols is 1. The van der Waals surface area contributed by atoms with Gasteiger partial charge in [-0.05, 0) is 57.2 Å². The third-order valence-corrected chi connectivity index (χ3v) is 5.70. The summed E-state index contributed by atoms with van der Waals surface area (Å²) >= 11 is 0. The molecule has 1 saturated heterocycles. The van der Waals surface area contributed by atoms with Crippen LogP contribution >= 0.6 is 0 Å². The van der Waals surface area contributed by atoms with Gasteiger partial charge in [-0.15, -0.1) is 0 Å². The van der Waals surface area contributed by atoms with Crippen LogP contribution in [-0.4, -0.2) is 34.7 Å². The van der Waals surface area contributed by atoms with E-state index in [0.717, 1.165) is 5.69 Å². The van der Waals surface area contributed by atoms with Crippen LogP contribution in [0.2, 0.25) is 0 Å². The summed E-state index contributed by atoms with van der Waals surface area (Å²) in [6.45, 7) is 6.89. The quantitative estimate of drug-likeness (QED) is 0.817. The molecule has 1 aromatic rings. The van der Waals surface area contributed by atoms with Gasteiger partial charge in [0.15, 0.2) is 0 Å². The number of aryl methyl sites for hydroxylation is 1. The van der Waals surface area contributed by atoms with Gasteiger partial charge in [-0.2, -0.15) is 0 Å². The second-order valence-corrected chi connectivity index (χ2v) is 7.48. The molecule has 122 valence electrons. The SMILES string of the molecule is Cc1ccc(O)c(NC2CCN(C3(C)CCCCC3)CC2)c1. The molecule has 0 unspecified atom stereocenters. The lowest BCUT2D eigenvalue weighted by Crippen LogP contribution is -2.52. The molecule has 22 heavy (non-hydrogen) atoms. The van der Waals surface area contributed by atoms with Crippen LogP contribution in [0.25, 0.3) is 0 Å². The van der Waals surface area contributed by atoms with E-state index in [9.17, 15) is 5.11 Å². The predicted octanol–water partition coefficient (Wildman–Crippen LogP) is 4.30. The second-order valence-electron chi connectivity index (χ2n) is 7.48. The maximum atomic E-state index is 9.99. The van der Waals surface area contributed by atoms with Crippen molar-refractivity contribution in [1.29, 1.82) is 0 Å². The molecule has 0 radical (unpaired) electrons. The molecule has 2 fully saturated rings. The molecule has 3 nitrogen and oxygen atoms in total. The lowest BCUT2D eigenvalue weighted by atomic mass is 9.80. The van der Waals surface area contributed by atoms with Gasteiger partial charge in [-0.1, -0.05) is 25.3 Å². The van der Waals surface area contributed by atoms with Crippen LogP contribution in [-0.2, 0) is 0 Å². The minimum absolute atomic E-state index is 0.368. The minimum Gasteiger partial charge on any atom is -0.506 e. The molecule has 0 bridgehead atoms. The van der Waals surface area contributed by atoms with E-state index in [1.165, 1.54) is 63.6 Å². The third kappa shape index (κ3) is 3.40. The normalized spacial score (nSPS) is 23.4. The maximum absolute atomic E-state index is 9.99. The number of nitrogens with zero attached hydrogens (tertiary/aromatic N) is 1. The van der Waals surface area contributed by atoms with Gasteiger partial charge in [0, 0.05) is 24.7 Å². The van der Waals surface area contributed by atoms with Crippen molar-refractivity contribution in [1.82, 2.24) is 4.90 Å². The van der Waals surface area contributed by atoms with E-state index in [2.05, 4.69) is 24.1 Å². The highest BCUT2D eigenvalue weighted by Crippen LogP contribution is 2.35. The van der Waals surface area contributed by atoms with Gasteiger partial charge in [-0.3, -0.25) is 4.90 Å². The predicted molar refractivity (Wildman–Crippen MR) is 92.6 cm³/mol. The Morgan fingerprint density at radius 3 is 2.50 bits per heavy atom. The average molecular weight is 302 g/mol. The topological polar surface area (TPSA) is 35.5 Å². The van der Waals surface area contributed by atoms with Gasteiger partial charge in [0.25, 0.3) is 0 Å². The van der Waals surface area contributed by atoms with Crippen LogP contribution in [0.5, 0.6) is 5.75 Å². The molecule has 1 aliphatic heterocycles. The van der Waals surface area contributed by atoms with E-state index in [4.69, 9.17) is 0 Å². The van der Waals surface area contributed by atoms with E-state index in [1.54, 1.807) is 6.07 Å². The van der Waals surface area contributed by atoms with E-state index < -0.39 is 0 Å². The van der Waals surface area contributed by atoms with Crippen molar-refractivity contribution in [2.75, 3.05) is 18.4 Å². The summed E-state index contributed by atoms with van der Waals surface area (Å²) in [5.74, 6) is 0.368. The lowest BCUT2D eigenvalue weighted by Gasteiger charge is -2.47. The second kappa shape index (κ2) is 6.49. The summed E-state index contributed by atoms with van der Waals surface area (Å²) in [5.41, 5.74) is 2.52. The van der Waals surface area contributed by atoms with Crippen molar-refractivity contribution in [2.45, 2.75) is 70.4 Å². The number of likely N-dealkylation sites (tertiary alicyclic amines) is 1. The lowest BCUT2D eigenvalue weighted by molar-refractivity contribution is 0.0457. The zero-order chi connectivity index (χ0) is 15.6. The van der Waals surface area contributed by atoms with Gasteiger partial charge in [0.2, 0.25) is 0 Å². The number of anilines is 1. The van der Waals surface area contributed by atoms with Crippen molar-refractivity contribution in [2.24, 2.45) is 0 Å².